The molecule has 1 N–H and O–H groups in total. The van der Waals surface area contributed by atoms with E-state index in [1.807, 2.05) is 11.3 Å². The van der Waals surface area contributed by atoms with Gasteiger partial charge >= 0.3 is 0 Å². The number of hydrogen-bond donors (Lipinski definition) is 1. The summed E-state index contributed by atoms with van der Waals surface area (Å²) in [7, 11) is 0. The number of hydrogen-bond acceptors (Lipinski definition) is 2. The van der Waals surface area contributed by atoms with Gasteiger partial charge in [-0.15, -0.1) is 11.3 Å². The Balaban J connectivity index is 1.67. The van der Waals surface area contributed by atoms with Gasteiger partial charge in [0, 0.05) is 10.9 Å². The maximum absolute atomic E-state index is 3.68. The number of nitrogens with one attached hydrogen (secondary N) is 1. The molecule has 0 aliphatic rings. The SMILES string of the molecule is CCC(CCc1cccs1)NCCc1ccccc1. The minimum absolute atomic E-state index is 0.644. The van der Waals surface area contributed by atoms with E-state index in [2.05, 4.69) is 60.1 Å². The molecule has 1 atom stereocenters. The summed E-state index contributed by atoms with van der Waals surface area (Å²) in [6, 6.07) is 15.7. The average molecular weight is 273 g/mol. The van der Waals surface area contributed by atoms with Crippen LogP contribution in [-0.4, -0.2) is 12.6 Å². The molecule has 0 spiro atoms. The molecule has 1 unspecified atom stereocenters. The first-order valence-electron chi connectivity index (χ1n) is 7.18. The second-order valence-corrected chi connectivity index (χ2v) is 5.95. The second kappa shape index (κ2) is 8.13. The molecule has 1 aromatic carbocycles. The van der Waals surface area contributed by atoms with Crippen LogP contribution in [0, 0.1) is 0 Å². The number of rotatable bonds is 8. The molecule has 2 rings (SSSR count). The van der Waals surface area contributed by atoms with Gasteiger partial charge in [-0.3, -0.25) is 0 Å². The molecule has 0 saturated carbocycles. The monoisotopic (exact) mass is 273 g/mol. The van der Waals surface area contributed by atoms with Crippen molar-refractivity contribution in [1.82, 2.24) is 5.32 Å². The first-order chi connectivity index (χ1) is 9.38. The van der Waals surface area contributed by atoms with E-state index in [4.69, 9.17) is 0 Å². The van der Waals surface area contributed by atoms with Gasteiger partial charge in [0.05, 0.1) is 0 Å². The summed E-state index contributed by atoms with van der Waals surface area (Å²) < 4.78 is 0. The van der Waals surface area contributed by atoms with Gasteiger partial charge in [-0.1, -0.05) is 43.3 Å². The lowest BCUT2D eigenvalue weighted by molar-refractivity contribution is 0.472. The molecule has 102 valence electrons. The zero-order chi connectivity index (χ0) is 13.3. The van der Waals surface area contributed by atoms with Crippen LogP contribution in [-0.2, 0) is 12.8 Å². The molecule has 0 amide bonds. The van der Waals surface area contributed by atoms with Crippen LogP contribution < -0.4 is 5.32 Å². The molecule has 0 fully saturated rings. The summed E-state index contributed by atoms with van der Waals surface area (Å²) in [5, 5.41) is 5.85. The van der Waals surface area contributed by atoms with Crippen molar-refractivity contribution in [3.8, 4) is 0 Å². The van der Waals surface area contributed by atoms with E-state index in [-0.39, 0.29) is 0 Å². The third-order valence-corrected chi connectivity index (χ3v) is 4.44. The minimum atomic E-state index is 0.644. The summed E-state index contributed by atoms with van der Waals surface area (Å²) >= 11 is 1.87. The first kappa shape index (κ1) is 14.3. The summed E-state index contributed by atoms with van der Waals surface area (Å²) in [6.07, 6.45) is 4.77. The van der Waals surface area contributed by atoms with E-state index in [0.29, 0.717) is 6.04 Å². The van der Waals surface area contributed by atoms with Crippen molar-refractivity contribution in [3.63, 3.8) is 0 Å². The van der Waals surface area contributed by atoms with Crippen LogP contribution in [0.3, 0.4) is 0 Å². The molecular formula is C17H23NS. The molecule has 1 heterocycles. The zero-order valence-electron chi connectivity index (χ0n) is 11.6. The largest absolute Gasteiger partial charge is 0.314 e. The number of benzene rings is 1. The van der Waals surface area contributed by atoms with Gasteiger partial charge in [-0.2, -0.15) is 0 Å². The Morgan fingerprint density at radius 2 is 1.89 bits per heavy atom. The Morgan fingerprint density at radius 1 is 1.05 bits per heavy atom. The van der Waals surface area contributed by atoms with Crippen molar-refractivity contribution in [2.24, 2.45) is 0 Å². The van der Waals surface area contributed by atoms with Gasteiger partial charge in [0.1, 0.15) is 0 Å². The molecule has 1 nitrogen and oxygen atoms in total. The van der Waals surface area contributed by atoms with E-state index < -0.39 is 0 Å². The highest BCUT2D eigenvalue weighted by molar-refractivity contribution is 7.09. The Labute approximate surface area is 120 Å². The average Bonchev–Trinajstić information content (AvgIpc) is 2.97. The summed E-state index contributed by atoms with van der Waals surface area (Å²) in [5.41, 5.74) is 1.42. The number of aryl methyl sites for hydroxylation is 1. The predicted octanol–water partition coefficient (Wildman–Crippen LogP) is 4.29. The highest BCUT2D eigenvalue weighted by Gasteiger charge is 2.06. The van der Waals surface area contributed by atoms with Crippen LogP contribution in [0.2, 0.25) is 0 Å². The third kappa shape index (κ3) is 5.17. The van der Waals surface area contributed by atoms with Crippen LogP contribution in [0.5, 0.6) is 0 Å². The molecule has 1 aromatic heterocycles. The Morgan fingerprint density at radius 3 is 2.58 bits per heavy atom. The predicted molar refractivity (Wildman–Crippen MR) is 84.9 cm³/mol. The normalized spacial score (nSPS) is 12.5. The van der Waals surface area contributed by atoms with Crippen LogP contribution >= 0.6 is 11.3 Å². The Kier molecular flexibility index (Phi) is 6.12. The van der Waals surface area contributed by atoms with Crippen molar-refractivity contribution in [2.45, 2.75) is 38.6 Å². The highest BCUT2D eigenvalue weighted by atomic mass is 32.1. The molecule has 0 bridgehead atoms. The smallest absolute Gasteiger partial charge is 0.00680 e. The van der Waals surface area contributed by atoms with Crippen molar-refractivity contribution < 1.29 is 0 Å². The molecule has 19 heavy (non-hydrogen) atoms. The van der Waals surface area contributed by atoms with Gasteiger partial charge in [0.15, 0.2) is 0 Å². The number of thiophene rings is 1. The first-order valence-corrected chi connectivity index (χ1v) is 8.06. The zero-order valence-corrected chi connectivity index (χ0v) is 12.5. The fraction of sp³-hybridized carbons (Fsp3) is 0.412. The molecule has 2 heteroatoms. The molecule has 0 aliphatic carbocycles. The quantitative estimate of drug-likeness (QED) is 0.756. The van der Waals surface area contributed by atoms with Gasteiger partial charge in [0.2, 0.25) is 0 Å². The van der Waals surface area contributed by atoms with E-state index in [1.54, 1.807) is 0 Å². The molecule has 0 aliphatic heterocycles. The minimum Gasteiger partial charge on any atom is -0.314 e. The Bertz CT molecular complexity index is 436. The lowest BCUT2D eigenvalue weighted by Gasteiger charge is -2.16. The van der Waals surface area contributed by atoms with Gasteiger partial charge in [-0.05, 0) is 49.2 Å². The molecule has 2 aromatic rings. The Hall–Kier alpha value is -1.12. The maximum atomic E-state index is 3.68. The van der Waals surface area contributed by atoms with Crippen molar-refractivity contribution >= 4 is 11.3 Å². The van der Waals surface area contributed by atoms with Crippen LogP contribution in [0.1, 0.15) is 30.2 Å². The van der Waals surface area contributed by atoms with E-state index in [1.165, 1.54) is 29.7 Å². The van der Waals surface area contributed by atoms with E-state index in [9.17, 15) is 0 Å². The standard InChI is InChI=1S/C17H23NS/c1-2-16(10-11-17-9-6-14-19-17)18-13-12-15-7-4-3-5-8-15/h3-9,14,16,18H,2,10-13H2,1H3. The third-order valence-electron chi connectivity index (χ3n) is 3.50. The fourth-order valence-corrected chi connectivity index (χ4v) is 3.01. The van der Waals surface area contributed by atoms with Crippen molar-refractivity contribution in [1.29, 1.82) is 0 Å². The maximum Gasteiger partial charge on any atom is 0.00680 e. The molecule has 0 radical (unpaired) electrons. The molecule has 0 saturated heterocycles. The topological polar surface area (TPSA) is 12.0 Å². The lowest BCUT2D eigenvalue weighted by atomic mass is 10.1. The lowest BCUT2D eigenvalue weighted by Crippen LogP contribution is -2.30. The molecular weight excluding hydrogens is 250 g/mol. The second-order valence-electron chi connectivity index (χ2n) is 4.91. The fourth-order valence-electron chi connectivity index (χ4n) is 2.29. The van der Waals surface area contributed by atoms with Gasteiger partial charge < -0.3 is 5.32 Å². The summed E-state index contributed by atoms with van der Waals surface area (Å²) in [4.78, 5) is 1.50. The van der Waals surface area contributed by atoms with Gasteiger partial charge in [0.25, 0.3) is 0 Å². The van der Waals surface area contributed by atoms with Crippen molar-refractivity contribution in [2.75, 3.05) is 6.54 Å². The highest BCUT2D eigenvalue weighted by Crippen LogP contribution is 2.13. The van der Waals surface area contributed by atoms with E-state index >= 15 is 0 Å². The van der Waals surface area contributed by atoms with Crippen LogP contribution in [0.4, 0.5) is 0 Å². The summed E-state index contributed by atoms with van der Waals surface area (Å²) in [5.74, 6) is 0. The van der Waals surface area contributed by atoms with Crippen LogP contribution in [0.25, 0.3) is 0 Å². The van der Waals surface area contributed by atoms with Crippen LogP contribution in [0.15, 0.2) is 47.8 Å². The van der Waals surface area contributed by atoms with Gasteiger partial charge in [-0.25, -0.2) is 0 Å². The summed E-state index contributed by atoms with van der Waals surface area (Å²) in [6.45, 7) is 3.35. The van der Waals surface area contributed by atoms with Crippen molar-refractivity contribution in [3.05, 3.63) is 58.3 Å². The van der Waals surface area contributed by atoms with E-state index in [0.717, 1.165) is 13.0 Å².